The van der Waals surface area contributed by atoms with E-state index in [9.17, 15) is 18.0 Å². The second-order valence-electron chi connectivity index (χ2n) is 7.39. The summed E-state index contributed by atoms with van der Waals surface area (Å²) in [5.41, 5.74) is 2.26. The van der Waals surface area contributed by atoms with Crippen molar-refractivity contribution in [2.24, 2.45) is 0 Å². The fraction of sp³-hybridized carbons (Fsp3) is 0.450. The number of benzene rings is 1. The van der Waals surface area contributed by atoms with Crippen LogP contribution in [-0.4, -0.2) is 47.4 Å². The molecule has 1 aromatic heterocycles. The number of hydrogen-bond acceptors (Lipinski definition) is 5. The van der Waals surface area contributed by atoms with Gasteiger partial charge in [-0.3, -0.25) is 14.3 Å². The van der Waals surface area contributed by atoms with E-state index in [2.05, 4.69) is 15.7 Å². The summed E-state index contributed by atoms with van der Waals surface area (Å²) < 4.78 is 28.9. The Balaban J connectivity index is 1.63. The molecule has 1 fully saturated rings. The first-order valence-corrected chi connectivity index (χ1v) is 11.3. The Morgan fingerprint density at radius 2 is 1.60 bits per heavy atom. The third kappa shape index (κ3) is 4.88. The van der Waals surface area contributed by atoms with Crippen LogP contribution in [-0.2, 0) is 26.2 Å². The molecule has 0 unspecified atom stereocenters. The van der Waals surface area contributed by atoms with E-state index in [0.717, 1.165) is 12.8 Å². The first-order valence-electron chi connectivity index (χ1n) is 9.90. The largest absolute Gasteiger partial charge is 0.326 e. The second kappa shape index (κ2) is 8.97. The lowest BCUT2D eigenvalue weighted by molar-refractivity contribution is -0.116. The number of nitrogens with one attached hydrogen (secondary N) is 2. The van der Waals surface area contributed by atoms with Crippen molar-refractivity contribution >= 4 is 33.2 Å². The molecule has 9 nitrogen and oxygen atoms in total. The lowest BCUT2D eigenvalue weighted by Crippen LogP contribution is -2.28. The first-order chi connectivity index (χ1) is 14.2. The summed E-state index contributed by atoms with van der Waals surface area (Å²) in [6.07, 6.45) is 1.90. The van der Waals surface area contributed by atoms with Gasteiger partial charge in [0.15, 0.2) is 0 Å². The molecule has 1 aliphatic rings. The molecule has 2 heterocycles. The molecule has 0 spiro atoms. The van der Waals surface area contributed by atoms with Gasteiger partial charge in [0.2, 0.25) is 21.8 Å². The predicted molar refractivity (Wildman–Crippen MR) is 114 cm³/mol. The number of amides is 2. The van der Waals surface area contributed by atoms with Crippen molar-refractivity contribution in [3.8, 4) is 0 Å². The van der Waals surface area contributed by atoms with Gasteiger partial charge in [0.05, 0.1) is 17.9 Å². The quantitative estimate of drug-likeness (QED) is 0.695. The summed E-state index contributed by atoms with van der Waals surface area (Å²) in [4.78, 5) is 23.6. The van der Waals surface area contributed by atoms with Crippen LogP contribution < -0.4 is 10.6 Å². The SMILES string of the molecule is CC(=O)Nc1ccc(NC(=O)CCn2nc(C)c(S(=O)(=O)N3CCCC3)c2C)cc1. The molecular formula is C20H27N5O4S. The molecule has 10 heteroatoms. The fourth-order valence-electron chi connectivity index (χ4n) is 3.60. The Morgan fingerprint density at radius 1 is 1.03 bits per heavy atom. The van der Waals surface area contributed by atoms with E-state index in [0.29, 0.717) is 35.9 Å². The van der Waals surface area contributed by atoms with Crippen molar-refractivity contribution in [1.82, 2.24) is 14.1 Å². The smallest absolute Gasteiger partial charge is 0.246 e. The van der Waals surface area contributed by atoms with Gasteiger partial charge in [-0.25, -0.2) is 8.42 Å². The average molecular weight is 434 g/mol. The van der Waals surface area contributed by atoms with Crippen LogP contribution in [0.3, 0.4) is 0 Å². The van der Waals surface area contributed by atoms with E-state index in [4.69, 9.17) is 0 Å². The minimum atomic E-state index is -3.56. The number of aromatic nitrogens is 2. The number of rotatable bonds is 7. The number of sulfonamides is 1. The molecule has 1 saturated heterocycles. The van der Waals surface area contributed by atoms with Crippen molar-refractivity contribution < 1.29 is 18.0 Å². The van der Waals surface area contributed by atoms with Crippen molar-refractivity contribution in [1.29, 1.82) is 0 Å². The van der Waals surface area contributed by atoms with Crippen LogP contribution in [0.2, 0.25) is 0 Å². The Labute approximate surface area is 176 Å². The number of anilines is 2. The Bertz CT molecular complexity index is 1040. The van der Waals surface area contributed by atoms with Crippen LogP contribution in [0.4, 0.5) is 11.4 Å². The molecule has 0 radical (unpaired) electrons. The first kappa shape index (κ1) is 22.0. The van der Waals surface area contributed by atoms with Gasteiger partial charge < -0.3 is 10.6 Å². The summed E-state index contributed by atoms with van der Waals surface area (Å²) in [5, 5.41) is 9.81. The Hall–Kier alpha value is -2.72. The van der Waals surface area contributed by atoms with Crippen molar-refractivity contribution in [3.63, 3.8) is 0 Å². The summed E-state index contributed by atoms with van der Waals surface area (Å²) in [5.74, 6) is -0.374. The van der Waals surface area contributed by atoms with Crippen LogP contribution in [0.5, 0.6) is 0 Å². The van der Waals surface area contributed by atoms with E-state index in [1.807, 2.05) is 0 Å². The van der Waals surface area contributed by atoms with Gasteiger partial charge in [-0.05, 0) is 51.0 Å². The van der Waals surface area contributed by atoms with E-state index < -0.39 is 10.0 Å². The number of aryl methyl sites for hydroxylation is 2. The second-order valence-corrected chi connectivity index (χ2v) is 9.27. The topological polar surface area (TPSA) is 113 Å². The monoisotopic (exact) mass is 433 g/mol. The van der Waals surface area contributed by atoms with Gasteiger partial charge in [-0.2, -0.15) is 9.40 Å². The van der Waals surface area contributed by atoms with Gasteiger partial charge in [-0.1, -0.05) is 0 Å². The highest BCUT2D eigenvalue weighted by molar-refractivity contribution is 7.89. The van der Waals surface area contributed by atoms with Crippen molar-refractivity contribution in [3.05, 3.63) is 35.7 Å². The maximum Gasteiger partial charge on any atom is 0.246 e. The molecule has 2 amide bonds. The van der Waals surface area contributed by atoms with Crippen LogP contribution in [0.25, 0.3) is 0 Å². The molecule has 1 aliphatic heterocycles. The van der Waals surface area contributed by atoms with Gasteiger partial charge in [0.1, 0.15) is 4.90 Å². The van der Waals surface area contributed by atoms with Crippen molar-refractivity contribution in [2.75, 3.05) is 23.7 Å². The molecule has 3 rings (SSSR count). The molecular weight excluding hydrogens is 406 g/mol. The lowest BCUT2D eigenvalue weighted by atomic mass is 10.2. The highest BCUT2D eigenvalue weighted by Crippen LogP contribution is 2.26. The molecule has 162 valence electrons. The molecule has 0 saturated carbocycles. The molecule has 30 heavy (non-hydrogen) atoms. The standard InChI is InChI=1S/C20H27N5O4S/c1-14-20(30(28,29)24-11-4-5-12-24)15(2)25(23-14)13-10-19(27)22-18-8-6-17(7-9-18)21-16(3)26/h6-9H,4-5,10-13H2,1-3H3,(H,21,26)(H,22,27). The van der Waals surface area contributed by atoms with Crippen LogP contribution in [0.1, 0.15) is 37.6 Å². The minimum absolute atomic E-state index is 0.151. The summed E-state index contributed by atoms with van der Waals surface area (Å²) >= 11 is 0. The molecule has 2 N–H and O–H groups in total. The number of carbonyl (C=O) groups is 2. The Morgan fingerprint density at radius 3 is 2.17 bits per heavy atom. The summed E-state index contributed by atoms with van der Waals surface area (Å²) in [6, 6.07) is 6.81. The maximum atomic E-state index is 12.9. The zero-order valence-electron chi connectivity index (χ0n) is 17.4. The van der Waals surface area contributed by atoms with Crippen molar-refractivity contribution in [2.45, 2.75) is 51.5 Å². The molecule has 0 aliphatic carbocycles. The number of nitrogens with zero attached hydrogens (tertiary/aromatic N) is 3. The normalized spacial score (nSPS) is 14.6. The summed E-state index contributed by atoms with van der Waals surface area (Å²) in [7, 11) is -3.56. The van der Waals surface area contributed by atoms with Crippen LogP contribution >= 0.6 is 0 Å². The third-order valence-electron chi connectivity index (χ3n) is 5.02. The number of hydrogen-bond donors (Lipinski definition) is 2. The van der Waals surface area contributed by atoms with E-state index in [1.54, 1.807) is 42.8 Å². The zero-order valence-corrected chi connectivity index (χ0v) is 18.3. The summed E-state index contributed by atoms with van der Waals surface area (Å²) in [6.45, 7) is 6.18. The van der Waals surface area contributed by atoms with Crippen LogP contribution in [0.15, 0.2) is 29.2 Å². The lowest BCUT2D eigenvalue weighted by Gasteiger charge is -2.15. The van der Waals surface area contributed by atoms with E-state index >= 15 is 0 Å². The third-order valence-corrected chi connectivity index (χ3v) is 7.17. The maximum absolute atomic E-state index is 12.9. The van der Waals surface area contributed by atoms with Gasteiger partial charge in [0, 0.05) is 37.8 Å². The van der Waals surface area contributed by atoms with Crippen LogP contribution in [0, 0.1) is 13.8 Å². The molecule has 2 aromatic rings. The number of carbonyl (C=O) groups excluding carboxylic acids is 2. The Kier molecular flexibility index (Phi) is 6.57. The molecule has 1 aromatic carbocycles. The van der Waals surface area contributed by atoms with Gasteiger partial charge in [-0.15, -0.1) is 0 Å². The zero-order chi connectivity index (χ0) is 21.9. The van der Waals surface area contributed by atoms with E-state index in [1.165, 1.54) is 11.2 Å². The highest BCUT2D eigenvalue weighted by Gasteiger charge is 2.32. The molecule has 0 bridgehead atoms. The highest BCUT2D eigenvalue weighted by atomic mass is 32.2. The average Bonchev–Trinajstić information content (AvgIpc) is 3.30. The fourth-order valence-corrected chi connectivity index (χ4v) is 5.49. The minimum Gasteiger partial charge on any atom is -0.326 e. The van der Waals surface area contributed by atoms with Gasteiger partial charge >= 0.3 is 0 Å². The predicted octanol–water partition coefficient (Wildman–Crippen LogP) is 2.27. The van der Waals surface area contributed by atoms with E-state index in [-0.39, 0.29) is 29.7 Å². The molecule has 0 atom stereocenters. The van der Waals surface area contributed by atoms with Gasteiger partial charge in [0.25, 0.3) is 0 Å².